The molecule has 0 saturated heterocycles. The Kier molecular flexibility index (Phi) is 4.39. The molecule has 0 fully saturated rings. The molecule has 1 aromatic heterocycles. The van der Waals surface area contributed by atoms with E-state index in [0.717, 1.165) is 4.47 Å². The van der Waals surface area contributed by atoms with Crippen LogP contribution in [0.2, 0.25) is 0 Å². The lowest BCUT2D eigenvalue weighted by molar-refractivity contribution is 0.209. The molecule has 0 aliphatic carbocycles. The second-order valence-electron chi connectivity index (χ2n) is 3.89. The van der Waals surface area contributed by atoms with Crippen LogP contribution in [0.3, 0.4) is 0 Å². The third-order valence-electron chi connectivity index (χ3n) is 2.77. The number of ether oxygens (including phenoxy) is 2. The topological polar surface area (TPSA) is 51.6 Å². The molecule has 1 atom stereocenters. The summed E-state index contributed by atoms with van der Waals surface area (Å²) in [5, 5.41) is 10.4. The van der Waals surface area contributed by atoms with Crippen molar-refractivity contribution in [2.24, 2.45) is 0 Å². The van der Waals surface area contributed by atoms with E-state index in [9.17, 15) is 5.11 Å². The molecular formula is C14H14BrNO3. The molecule has 0 bridgehead atoms. The van der Waals surface area contributed by atoms with Crippen molar-refractivity contribution in [2.75, 3.05) is 14.2 Å². The molecule has 0 radical (unpaired) electrons. The summed E-state index contributed by atoms with van der Waals surface area (Å²) in [4.78, 5) is 4.18. The van der Waals surface area contributed by atoms with Gasteiger partial charge in [0.05, 0.1) is 18.7 Å². The van der Waals surface area contributed by atoms with Gasteiger partial charge in [0.2, 0.25) is 0 Å². The van der Waals surface area contributed by atoms with Gasteiger partial charge in [-0.25, -0.2) is 0 Å². The number of aliphatic hydroxyl groups is 1. The molecule has 100 valence electrons. The lowest BCUT2D eigenvalue weighted by Crippen LogP contribution is -2.05. The third-order valence-corrected chi connectivity index (χ3v) is 3.39. The van der Waals surface area contributed by atoms with Gasteiger partial charge in [0.15, 0.2) is 0 Å². The SMILES string of the molecule is COc1ccc(C(O)c2ncccc2OC)cc1Br. The zero-order valence-corrected chi connectivity index (χ0v) is 12.2. The molecule has 1 N–H and O–H groups in total. The van der Waals surface area contributed by atoms with E-state index < -0.39 is 6.10 Å². The van der Waals surface area contributed by atoms with E-state index >= 15 is 0 Å². The molecule has 1 aromatic carbocycles. The Labute approximate surface area is 120 Å². The lowest BCUT2D eigenvalue weighted by Gasteiger charge is -2.15. The molecule has 1 heterocycles. The van der Waals surface area contributed by atoms with Gasteiger partial charge in [0.25, 0.3) is 0 Å². The molecule has 0 aliphatic rings. The van der Waals surface area contributed by atoms with Gasteiger partial charge < -0.3 is 14.6 Å². The number of benzene rings is 1. The van der Waals surface area contributed by atoms with Crippen LogP contribution >= 0.6 is 15.9 Å². The fourth-order valence-corrected chi connectivity index (χ4v) is 2.35. The van der Waals surface area contributed by atoms with Gasteiger partial charge in [0, 0.05) is 6.20 Å². The highest BCUT2D eigenvalue weighted by Crippen LogP contribution is 2.32. The van der Waals surface area contributed by atoms with Gasteiger partial charge >= 0.3 is 0 Å². The molecule has 0 amide bonds. The Morgan fingerprint density at radius 3 is 2.53 bits per heavy atom. The smallest absolute Gasteiger partial charge is 0.143 e. The molecule has 1 unspecified atom stereocenters. The molecule has 2 rings (SSSR count). The fourth-order valence-electron chi connectivity index (χ4n) is 1.79. The van der Waals surface area contributed by atoms with Crippen LogP contribution in [0.5, 0.6) is 11.5 Å². The summed E-state index contributed by atoms with van der Waals surface area (Å²) in [7, 11) is 3.15. The first kappa shape index (κ1) is 13.8. The fraction of sp³-hybridized carbons (Fsp3) is 0.214. The molecular weight excluding hydrogens is 310 g/mol. The predicted octanol–water partition coefficient (Wildman–Crippen LogP) is 2.94. The van der Waals surface area contributed by atoms with Crippen LogP contribution in [0.25, 0.3) is 0 Å². The van der Waals surface area contributed by atoms with Crippen LogP contribution in [0.4, 0.5) is 0 Å². The number of methoxy groups -OCH3 is 2. The van der Waals surface area contributed by atoms with Crippen molar-refractivity contribution in [3.63, 3.8) is 0 Å². The summed E-state index contributed by atoms with van der Waals surface area (Å²) in [5.74, 6) is 1.27. The van der Waals surface area contributed by atoms with Gasteiger partial charge in [-0.3, -0.25) is 4.98 Å². The Morgan fingerprint density at radius 1 is 1.16 bits per heavy atom. The highest BCUT2D eigenvalue weighted by molar-refractivity contribution is 9.10. The van der Waals surface area contributed by atoms with Gasteiger partial charge in [-0.15, -0.1) is 0 Å². The normalized spacial score (nSPS) is 12.0. The zero-order valence-electron chi connectivity index (χ0n) is 10.6. The highest BCUT2D eigenvalue weighted by Gasteiger charge is 2.17. The maximum atomic E-state index is 10.4. The van der Waals surface area contributed by atoms with Crippen molar-refractivity contribution < 1.29 is 14.6 Å². The van der Waals surface area contributed by atoms with Crippen molar-refractivity contribution in [3.05, 3.63) is 52.3 Å². The van der Waals surface area contributed by atoms with Crippen molar-refractivity contribution in [1.82, 2.24) is 4.98 Å². The molecule has 0 spiro atoms. The van der Waals surface area contributed by atoms with Crippen LogP contribution in [0.15, 0.2) is 41.0 Å². The standard InChI is InChI=1S/C14H14BrNO3/c1-18-11-6-5-9(8-10(11)15)14(17)13-12(19-2)4-3-7-16-13/h3-8,14,17H,1-2H3. The summed E-state index contributed by atoms with van der Waals surface area (Å²) in [6, 6.07) is 8.92. The molecule has 2 aromatic rings. The van der Waals surface area contributed by atoms with Crippen LogP contribution in [-0.2, 0) is 0 Å². The minimum Gasteiger partial charge on any atom is -0.496 e. The van der Waals surface area contributed by atoms with E-state index in [2.05, 4.69) is 20.9 Å². The number of pyridine rings is 1. The number of hydrogen-bond donors (Lipinski definition) is 1. The average Bonchev–Trinajstić information content (AvgIpc) is 2.46. The first-order valence-electron chi connectivity index (χ1n) is 5.67. The van der Waals surface area contributed by atoms with Gasteiger partial charge in [-0.1, -0.05) is 6.07 Å². The summed E-state index contributed by atoms with van der Waals surface area (Å²) in [5.41, 5.74) is 1.20. The summed E-state index contributed by atoms with van der Waals surface area (Å²) >= 11 is 3.40. The Bertz CT molecular complexity index is 574. The number of hydrogen-bond acceptors (Lipinski definition) is 4. The molecule has 0 aliphatic heterocycles. The minimum absolute atomic E-state index is 0.488. The molecule has 19 heavy (non-hydrogen) atoms. The highest BCUT2D eigenvalue weighted by atomic mass is 79.9. The summed E-state index contributed by atoms with van der Waals surface area (Å²) in [6.45, 7) is 0. The molecule has 5 heteroatoms. The monoisotopic (exact) mass is 323 g/mol. The van der Waals surface area contributed by atoms with E-state index in [1.807, 2.05) is 0 Å². The summed E-state index contributed by atoms with van der Waals surface area (Å²) < 4.78 is 11.1. The number of halogens is 1. The number of rotatable bonds is 4. The first-order chi connectivity index (χ1) is 9.17. The largest absolute Gasteiger partial charge is 0.496 e. The average molecular weight is 324 g/mol. The van der Waals surface area contributed by atoms with E-state index in [0.29, 0.717) is 22.8 Å². The van der Waals surface area contributed by atoms with E-state index in [1.165, 1.54) is 0 Å². The van der Waals surface area contributed by atoms with E-state index in [1.54, 1.807) is 50.7 Å². The first-order valence-corrected chi connectivity index (χ1v) is 6.47. The Morgan fingerprint density at radius 2 is 1.89 bits per heavy atom. The lowest BCUT2D eigenvalue weighted by atomic mass is 10.1. The van der Waals surface area contributed by atoms with Gasteiger partial charge in [0.1, 0.15) is 23.3 Å². The maximum Gasteiger partial charge on any atom is 0.143 e. The Balaban J connectivity index is 2.38. The predicted molar refractivity (Wildman–Crippen MR) is 75.5 cm³/mol. The number of nitrogens with zero attached hydrogens (tertiary/aromatic N) is 1. The van der Waals surface area contributed by atoms with E-state index in [4.69, 9.17) is 9.47 Å². The van der Waals surface area contributed by atoms with Crippen LogP contribution in [0.1, 0.15) is 17.4 Å². The number of aromatic nitrogens is 1. The van der Waals surface area contributed by atoms with Crippen molar-refractivity contribution >= 4 is 15.9 Å². The van der Waals surface area contributed by atoms with Crippen LogP contribution in [-0.4, -0.2) is 24.3 Å². The van der Waals surface area contributed by atoms with Gasteiger partial charge in [-0.05, 0) is 45.8 Å². The zero-order chi connectivity index (χ0) is 13.8. The quantitative estimate of drug-likeness (QED) is 0.939. The minimum atomic E-state index is -0.849. The second kappa shape index (κ2) is 6.04. The van der Waals surface area contributed by atoms with Crippen molar-refractivity contribution in [1.29, 1.82) is 0 Å². The second-order valence-corrected chi connectivity index (χ2v) is 4.74. The summed E-state index contributed by atoms with van der Waals surface area (Å²) in [6.07, 6.45) is 0.776. The molecule has 4 nitrogen and oxygen atoms in total. The van der Waals surface area contributed by atoms with Crippen molar-refractivity contribution in [2.45, 2.75) is 6.10 Å². The van der Waals surface area contributed by atoms with Crippen molar-refractivity contribution in [3.8, 4) is 11.5 Å². The van der Waals surface area contributed by atoms with Gasteiger partial charge in [-0.2, -0.15) is 0 Å². The Hall–Kier alpha value is -1.59. The third kappa shape index (κ3) is 2.88. The maximum absolute atomic E-state index is 10.4. The number of aliphatic hydroxyl groups excluding tert-OH is 1. The van der Waals surface area contributed by atoms with Crippen LogP contribution < -0.4 is 9.47 Å². The molecule has 0 saturated carbocycles. The van der Waals surface area contributed by atoms with Crippen LogP contribution in [0, 0.1) is 0 Å². The van der Waals surface area contributed by atoms with E-state index in [-0.39, 0.29) is 0 Å².